The number of halogens is 1. The molecule has 178 valence electrons. The van der Waals surface area contributed by atoms with Gasteiger partial charge in [-0.25, -0.2) is 14.6 Å². The lowest BCUT2D eigenvalue weighted by Crippen LogP contribution is -2.10. The summed E-state index contributed by atoms with van der Waals surface area (Å²) in [6.45, 7) is 0. The number of ether oxygens (including phenoxy) is 5. The number of carbonyl (C=O) groups is 2. The Labute approximate surface area is 206 Å². The molecule has 0 unspecified atom stereocenters. The molecule has 1 aliphatic rings. The molecule has 35 heavy (non-hydrogen) atoms. The predicted octanol–water partition coefficient (Wildman–Crippen LogP) is 4.93. The van der Waals surface area contributed by atoms with Crippen molar-refractivity contribution in [3.8, 4) is 23.0 Å². The number of methoxy groups -OCH3 is 3. The summed E-state index contributed by atoms with van der Waals surface area (Å²) in [7, 11) is 4.41. The summed E-state index contributed by atoms with van der Waals surface area (Å²) >= 11 is 6.07. The van der Waals surface area contributed by atoms with Crippen molar-refractivity contribution >= 4 is 35.5 Å². The van der Waals surface area contributed by atoms with Gasteiger partial charge in [0.25, 0.3) is 0 Å². The van der Waals surface area contributed by atoms with Crippen LogP contribution >= 0.6 is 11.6 Å². The molecule has 0 aliphatic carbocycles. The highest BCUT2D eigenvalue weighted by Gasteiger charge is 2.27. The minimum atomic E-state index is -0.632. The largest absolute Gasteiger partial charge is 0.496 e. The van der Waals surface area contributed by atoms with Crippen molar-refractivity contribution in [2.75, 3.05) is 21.3 Å². The summed E-state index contributed by atoms with van der Waals surface area (Å²) < 4.78 is 26.7. The molecule has 0 bridgehead atoms. The van der Waals surface area contributed by atoms with Crippen molar-refractivity contribution in [1.82, 2.24) is 0 Å². The van der Waals surface area contributed by atoms with Crippen LogP contribution in [0, 0.1) is 0 Å². The van der Waals surface area contributed by atoms with E-state index in [0.717, 1.165) is 0 Å². The van der Waals surface area contributed by atoms with Crippen LogP contribution in [0.5, 0.6) is 23.0 Å². The van der Waals surface area contributed by atoms with Crippen LogP contribution in [0.3, 0.4) is 0 Å². The zero-order chi connectivity index (χ0) is 24.9. The van der Waals surface area contributed by atoms with E-state index >= 15 is 0 Å². The maximum Gasteiger partial charge on any atom is 0.363 e. The van der Waals surface area contributed by atoms with Gasteiger partial charge in [0, 0.05) is 5.02 Å². The molecular weight excluding hydrogens is 474 g/mol. The molecule has 3 aromatic rings. The SMILES string of the molecule is COc1cc(/C=C2/N=C(c3cc(Cl)ccc3OC)OC2=O)ccc1OC(=O)c1ccccc1OC. The quantitative estimate of drug-likeness (QED) is 0.262. The normalized spacial score (nSPS) is 13.8. The lowest BCUT2D eigenvalue weighted by atomic mass is 10.1. The average Bonchev–Trinajstić information content (AvgIpc) is 3.24. The fourth-order valence-corrected chi connectivity index (χ4v) is 3.53. The van der Waals surface area contributed by atoms with E-state index in [-0.39, 0.29) is 28.7 Å². The van der Waals surface area contributed by atoms with Crippen LogP contribution in [0.1, 0.15) is 21.5 Å². The third-order valence-corrected chi connectivity index (χ3v) is 5.27. The van der Waals surface area contributed by atoms with Gasteiger partial charge in [-0.1, -0.05) is 29.8 Å². The van der Waals surface area contributed by atoms with Gasteiger partial charge in [-0.05, 0) is 54.1 Å². The number of para-hydroxylation sites is 1. The molecule has 0 radical (unpaired) electrons. The third-order valence-electron chi connectivity index (χ3n) is 5.03. The first-order chi connectivity index (χ1) is 16.9. The summed E-state index contributed by atoms with van der Waals surface area (Å²) in [6.07, 6.45) is 1.53. The molecule has 1 aliphatic heterocycles. The molecule has 0 N–H and O–H groups in total. The van der Waals surface area contributed by atoms with Crippen molar-refractivity contribution in [3.63, 3.8) is 0 Å². The second-order valence-corrected chi connectivity index (χ2v) is 7.62. The van der Waals surface area contributed by atoms with E-state index in [1.807, 2.05) is 0 Å². The van der Waals surface area contributed by atoms with Crippen molar-refractivity contribution in [3.05, 3.63) is 88.1 Å². The standard InChI is InChI=1S/C26H20ClNO7/c1-31-20-7-5-4-6-17(20)25(29)34-22-10-8-15(13-23(22)33-3)12-19-26(30)35-24(28-19)18-14-16(27)9-11-21(18)32-2/h4-14H,1-3H3/b19-12+. The van der Waals surface area contributed by atoms with Gasteiger partial charge >= 0.3 is 11.9 Å². The van der Waals surface area contributed by atoms with Crippen molar-refractivity contribution in [2.24, 2.45) is 4.99 Å². The molecule has 3 aromatic carbocycles. The van der Waals surface area contributed by atoms with Crippen LogP contribution < -0.4 is 18.9 Å². The first-order valence-electron chi connectivity index (χ1n) is 10.3. The summed E-state index contributed by atoms with van der Waals surface area (Å²) in [6, 6.07) is 16.5. The Hall–Kier alpha value is -4.30. The van der Waals surface area contributed by atoms with Crippen molar-refractivity contribution < 1.29 is 33.3 Å². The number of carbonyl (C=O) groups excluding carboxylic acids is 2. The number of hydrogen-bond acceptors (Lipinski definition) is 8. The second-order valence-electron chi connectivity index (χ2n) is 7.18. The Kier molecular flexibility index (Phi) is 7.03. The smallest absolute Gasteiger partial charge is 0.363 e. The van der Waals surface area contributed by atoms with Crippen molar-refractivity contribution in [2.45, 2.75) is 0 Å². The van der Waals surface area contributed by atoms with Gasteiger partial charge in [0.2, 0.25) is 5.90 Å². The number of nitrogens with zero attached hydrogens (tertiary/aromatic N) is 1. The lowest BCUT2D eigenvalue weighted by molar-refractivity contribution is -0.129. The van der Waals surface area contributed by atoms with Gasteiger partial charge in [0.15, 0.2) is 17.2 Å². The van der Waals surface area contributed by atoms with Gasteiger partial charge in [-0.2, -0.15) is 0 Å². The van der Waals surface area contributed by atoms with Gasteiger partial charge in [-0.15, -0.1) is 0 Å². The van der Waals surface area contributed by atoms with Gasteiger partial charge in [0.05, 0.1) is 26.9 Å². The molecule has 0 saturated carbocycles. The van der Waals surface area contributed by atoms with Gasteiger partial charge in [-0.3, -0.25) is 0 Å². The number of benzene rings is 3. The first kappa shape index (κ1) is 23.8. The highest BCUT2D eigenvalue weighted by molar-refractivity contribution is 6.31. The molecule has 0 atom stereocenters. The Morgan fingerprint density at radius 2 is 1.60 bits per heavy atom. The van der Waals surface area contributed by atoms with E-state index in [0.29, 0.717) is 27.6 Å². The Balaban J connectivity index is 1.61. The van der Waals surface area contributed by atoms with Crippen molar-refractivity contribution in [1.29, 1.82) is 0 Å². The van der Waals surface area contributed by atoms with Crippen LogP contribution in [0.2, 0.25) is 5.02 Å². The molecule has 9 heteroatoms. The monoisotopic (exact) mass is 493 g/mol. The van der Waals surface area contributed by atoms with E-state index in [1.165, 1.54) is 27.4 Å². The third kappa shape index (κ3) is 5.12. The molecule has 0 aromatic heterocycles. The van der Waals surface area contributed by atoms with E-state index in [4.69, 9.17) is 35.3 Å². The van der Waals surface area contributed by atoms with Gasteiger partial charge < -0.3 is 23.7 Å². The summed E-state index contributed by atoms with van der Waals surface area (Å²) in [4.78, 5) is 29.4. The molecular formula is C26H20ClNO7. The second kappa shape index (κ2) is 10.3. The lowest BCUT2D eigenvalue weighted by Gasteiger charge is -2.11. The Bertz CT molecular complexity index is 1360. The maximum atomic E-state index is 12.6. The minimum absolute atomic E-state index is 0.0721. The topological polar surface area (TPSA) is 92.6 Å². The van der Waals surface area contributed by atoms with E-state index in [9.17, 15) is 9.59 Å². The molecule has 0 fully saturated rings. The number of aliphatic imine (C=N–C) groups is 1. The van der Waals surface area contributed by atoms with Gasteiger partial charge in [0.1, 0.15) is 17.1 Å². The summed E-state index contributed by atoms with van der Waals surface area (Å²) in [5, 5.41) is 0.444. The molecule has 4 rings (SSSR count). The van der Waals surface area contributed by atoms with Crippen LogP contribution in [-0.2, 0) is 9.53 Å². The Morgan fingerprint density at radius 1 is 0.886 bits per heavy atom. The fourth-order valence-electron chi connectivity index (χ4n) is 3.36. The first-order valence-corrected chi connectivity index (χ1v) is 10.7. The zero-order valence-electron chi connectivity index (χ0n) is 19.0. The van der Waals surface area contributed by atoms with E-state index < -0.39 is 11.9 Å². The predicted molar refractivity (Wildman–Crippen MR) is 130 cm³/mol. The molecule has 0 spiro atoms. The number of esters is 2. The maximum absolute atomic E-state index is 12.6. The van der Waals surface area contributed by atoms with E-state index in [2.05, 4.69) is 4.99 Å². The minimum Gasteiger partial charge on any atom is -0.496 e. The number of hydrogen-bond donors (Lipinski definition) is 0. The van der Waals surface area contributed by atoms with Crippen LogP contribution in [0.15, 0.2) is 71.4 Å². The Morgan fingerprint density at radius 3 is 2.34 bits per heavy atom. The molecule has 0 amide bonds. The summed E-state index contributed by atoms with van der Waals surface area (Å²) in [5.74, 6) is 0.188. The fraction of sp³-hybridized carbons (Fsp3) is 0.115. The summed E-state index contributed by atoms with van der Waals surface area (Å²) in [5.41, 5.74) is 1.37. The van der Waals surface area contributed by atoms with Crippen LogP contribution in [0.25, 0.3) is 6.08 Å². The molecule has 8 nitrogen and oxygen atoms in total. The number of cyclic esters (lactones) is 1. The number of rotatable bonds is 7. The molecule has 0 saturated heterocycles. The van der Waals surface area contributed by atoms with Crippen LogP contribution in [-0.4, -0.2) is 39.2 Å². The highest BCUT2D eigenvalue weighted by Crippen LogP contribution is 2.32. The van der Waals surface area contributed by atoms with E-state index in [1.54, 1.807) is 60.7 Å². The molecule has 1 heterocycles. The average molecular weight is 494 g/mol. The highest BCUT2D eigenvalue weighted by atomic mass is 35.5. The van der Waals surface area contributed by atoms with Crippen LogP contribution in [0.4, 0.5) is 0 Å². The zero-order valence-corrected chi connectivity index (χ0v) is 19.8.